The standard InChI is InChI=1S/C21H22N4O4/c1-4-13-28-19-11-5-16(6-12-19)14-24(3)15(2)20-22-23-21(29-20)17-7-9-18(10-8-17)25(26)27/h4-12,15H,1,13-14H2,2-3H3/t15-/m1/s1. The quantitative estimate of drug-likeness (QED) is 0.301. The van der Waals surface area contributed by atoms with Gasteiger partial charge in [0.2, 0.25) is 11.8 Å². The van der Waals surface area contributed by atoms with E-state index >= 15 is 0 Å². The molecule has 0 unspecified atom stereocenters. The smallest absolute Gasteiger partial charge is 0.269 e. The maximum Gasteiger partial charge on any atom is 0.269 e. The number of benzene rings is 2. The molecule has 3 aromatic rings. The van der Waals surface area contributed by atoms with Gasteiger partial charge in [-0.25, -0.2) is 0 Å². The number of nitrogens with zero attached hydrogens (tertiary/aromatic N) is 4. The number of nitro groups is 1. The second-order valence-electron chi connectivity index (χ2n) is 6.58. The topological polar surface area (TPSA) is 94.5 Å². The molecule has 150 valence electrons. The first-order chi connectivity index (χ1) is 14.0. The van der Waals surface area contributed by atoms with Crippen molar-refractivity contribution in [2.24, 2.45) is 0 Å². The fourth-order valence-corrected chi connectivity index (χ4v) is 2.71. The monoisotopic (exact) mass is 394 g/mol. The summed E-state index contributed by atoms with van der Waals surface area (Å²) in [7, 11) is 1.97. The summed E-state index contributed by atoms with van der Waals surface area (Å²) in [6.07, 6.45) is 1.71. The largest absolute Gasteiger partial charge is 0.490 e. The summed E-state index contributed by atoms with van der Waals surface area (Å²) >= 11 is 0. The van der Waals surface area contributed by atoms with Gasteiger partial charge in [-0.1, -0.05) is 24.8 Å². The molecule has 0 bridgehead atoms. The highest BCUT2D eigenvalue weighted by atomic mass is 16.6. The molecule has 0 N–H and O–H groups in total. The molecule has 8 nitrogen and oxygen atoms in total. The van der Waals surface area contributed by atoms with Gasteiger partial charge in [-0.3, -0.25) is 15.0 Å². The fraction of sp³-hybridized carbons (Fsp3) is 0.238. The van der Waals surface area contributed by atoms with Crippen molar-refractivity contribution in [1.82, 2.24) is 15.1 Å². The minimum atomic E-state index is -0.446. The van der Waals surface area contributed by atoms with Crippen molar-refractivity contribution in [2.45, 2.75) is 19.5 Å². The Labute approximate surface area is 168 Å². The van der Waals surface area contributed by atoms with Crippen molar-refractivity contribution in [2.75, 3.05) is 13.7 Å². The van der Waals surface area contributed by atoms with E-state index in [0.29, 0.717) is 30.5 Å². The van der Waals surface area contributed by atoms with Gasteiger partial charge in [-0.2, -0.15) is 0 Å². The number of aromatic nitrogens is 2. The van der Waals surface area contributed by atoms with E-state index in [0.717, 1.165) is 11.3 Å². The van der Waals surface area contributed by atoms with E-state index in [9.17, 15) is 10.1 Å². The van der Waals surface area contributed by atoms with Crippen LogP contribution in [0, 0.1) is 10.1 Å². The van der Waals surface area contributed by atoms with Crippen LogP contribution in [0.4, 0.5) is 5.69 Å². The van der Waals surface area contributed by atoms with E-state index in [4.69, 9.17) is 9.15 Å². The van der Waals surface area contributed by atoms with Gasteiger partial charge in [0, 0.05) is 24.2 Å². The molecule has 0 radical (unpaired) electrons. The Morgan fingerprint density at radius 1 is 1.21 bits per heavy atom. The average Bonchev–Trinajstić information content (AvgIpc) is 3.23. The van der Waals surface area contributed by atoms with E-state index in [1.165, 1.54) is 12.1 Å². The van der Waals surface area contributed by atoms with Crippen molar-refractivity contribution in [3.63, 3.8) is 0 Å². The van der Waals surface area contributed by atoms with Gasteiger partial charge >= 0.3 is 0 Å². The molecule has 0 spiro atoms. The van der Waals surface area contributed by atoms with Gasteiger partial charge in [0.25, 0.3) is 5.69 Å². The predicted molar refractivity (Wildman–Crippen MR) is 108 cm³/mol. The minimum absolute atomic E-state index is 0.0162. The summed E-state index contributed by atoms with van der Waals surface area (Å²) in [5, 5.41) is 19.0. The fourth-order valence-electron chi connectivity index (χ4n) is 2.71. The van der Waals surface area contributed by atoms with Crippen LogP contribution in [0.5, 0.6) is 5.75 Å². The molecular weight excluding hydrogens is 372 g/mol. The normalized spacial score (nSPS) is 12.0. The van der Waals surface area contributed by atoms with Gasteiger partial charge < -0.3 is 9.15 Å². The number of rotatable bonds is 9. The van der Waals surface area contributed by atoms with Gasteiger partial charge in [0.05, 0.1) is 11.0 Å². The van der Waals surface area contributed by atoms with Crippen LogP contribution in [0.25, 0.3) is 11.5 Å². The third-order valence-electron chi connectivity index (χ3n) is 4.51. The SMILES string of the molecule is C=CCOc1ccc(CN(C)[C@H](C)c2nnc(-c3ccc([N+](=O)[O-])cc3)o2)cc1. The molecule has 0 amide bonds. The molecule has 1 aromatic heterocycles. The zero-order valence-electron chi connectivity index (χ0n) is 16.3. The molecule has 1 heterocycles. The molecule has 3 rings (SSSR count). The van der Waals surface area contributed by atoms with E-state index in [2.05, 4.69) is 21.7 Å². The summed E-state index contributed by atoms with van der Waals surface area (Å²) in [6, 6.07) is 13.8. The predicted octanol–water partition coefficient (Wildman–Crippen LogP) is 4.40. The van der Waals surface area contributed by atoms with Crippen molar-refractivity contribution in [3.8, 4) is 17.2 Å². The van der Waals surface area contributed by atoms with Crippen LogP contribution in [0.15, 0.2) is 65.6 Å². The van der Waals surface area contributed by atoms with Crippen LogP contribution in [-0.4, -0.2) is 33.7 Å². The van der Waals surface area contributed by atoms with Gasteiger partial charge in [0.1, 0.15) is 12.4 Å². The lowest BCUT2D eigenvalue weighted by Crippen LogP contribution is -2.22. The first-order valence-corrected chi connectivity index (χ1v) is 9.09. The van der Waals surface area contributed by atoms with Gasteiger partial charge in [-0.05, 0) is 43.8 Å². The Bertz CT molecular complexity index is 967. The zero-order chi connectivity index (χ0) is 20.8. The second kappa shape index (κ2) is 9.11. The summed E-state index contributed by atoms with van der Waals surface area (Å²) in [6.45, 7) is 6.78. The van der Waals surface area contributed by atoms with Gasteiger partial charge in [-0.15, -0.1) is 10.2 Å². The molecule has 0 aliphatic heterocycles. The van der Waals surface area contributed by atoms with E-state index < -0.39 is 4.92 Å². The molecule has 0 aliphatic rings. The minimum Gasteiger partial charge on any atom is -0.490 e. The van der Waals surface area contributed by atoms with E-state index in [1.54, 1.807) is 18.2 Å². The van der Waals surface area contributed by atoms with Crippen LogP contribution in [0.2, 0.25) is 0 Å². The summed E-state index contributed by atoms with van der Waals surface area (Å²) < 4.78 is 11.3. The molecule has 0 saturated carbocycles. The molecule has 0 fully saturated rings. The molecule has 2 aromatic carbocycles. The number of non-ortho nitro benzene ring substituents is 1. The van der Waals surface area contributed by atoms with Gasteiger partial charge in [0.15, 0.2) is 0 Å². The zero-order valence-corrected chi connectivity index (χ0v) is 16.3. The van der Waals surface area contributed by atoms with E-state index in [-0.39, 0.29) is 11.7 Å². The summed E-state index contributed by atoms with van der Waals surface area (Å²) in [5.74, 6) is 1.61. The average molecular weight is 394 g/mol. The highest BCUT2D eigenvalue weighted by Gasteiger charge is 2.19. The summed E-state index contributed by atoms with van der Waals surface area (Å²) in [4.78, 5) is 12.4. The summed E-state index contributed by atoms with van der Waals surface area (Å²) in [5.41, 5.74) is 1.78. The Morgan fingerprint density at radius 2 is 1.90 bits per heavy atom. The number of hydrogen-bond acceptors (Lipinski definition) is 7. The lowest BCUT2D eigenvalue weighted by Gasteiger charge is -2.21. The maximum absolute atomic E-state index is 10.8. The first kappa shape index (κ1) is 20.2. The third-order valence-corrected chi connectivity index (χ3v) is 4.51. The van der Waals surface area contributed by atoms with Crippen molar-refractivity contribution in [1.29, 1.82) is 0 Å². The Kier molecular flexibility index (Phi) is 6.36. The highest BCUT2D eigenvalue weighted by Crippen LogP contribution is 2.26. The third kappa shape index (κ3) is 5.05. The van der Waals surface area contributed by atoms with Crippen LogP contribution in [0.1, 0.15) is 24.4 Å². The maximum atomic E-state index is 10.8. The lowest BCUT2D eigenvalue weighted by molar-refractivity contribution is -0.384. The molecule has 0 saturated heterocycles. The number of nitro benzene ring substituents is 1. The first-order valence-electron chi connectivity index (χ1n) is 9.09. The van der Waals surface area contributed by atoms with Crippen LogP contribution in [0.3, 0.4) is 0 Å². The van der Waals surface area contributed by atoms with Crippen molar-refractivity contribution in [3.05, 3.63) is 82.8 Å². The Morgan fingerprint density at radius 3 is 2.52 bits per heavy atom. The van der Waals surface area contributed by atoms with Crippen LogP contribution in [-0.2, 0) is 6.54 Å². The molecule has 8 heteroatoms. The number of hydrogen-bond donors (Lipinski definition) is 0. The Balaban J connectivity index is 1.64. The molecule has 1 atom stereocenters. The number of ether oxygens (including phenoxy) is 1. The molecule has 0 aliphatic carbocycles. The Hall–Kier alpha value is -3.52. The molecular formula is C21H22N4O4. The molecule has 29 heavy (non-hydrogen) atoms. The van der Waals surface area contributed by atoms with Crippen molar-refractivity contribution < 1.29 is 14.1 Å². The second-order valence-corrected chi connectivity index (χ2v) is 6.58. The van der Waals surface area contributed by atoms with Crippen LogP contribution >= 0.6 is 0 Å². The van der Waals surface area contributed by atoms with E-state index in [1.807, 2.05) is 38.2 Å². The van der Waals surface area contributed by atoms with Crippen molar-refractivity contribution >= 4 is 5.69 Å². The highest BCUT2D eigenvalue weighted by molar-refractivity contribution is 5.55. The lowest BCUT2D eigenvalue weighted by atomic mass is 10.2. The van der Waals surface area contributed by atoms with Crippen LogP contribution < -0.4 is 4.74 Å².